The fraction of sp³-hybridized carbons (Fsp3) is 0.308. The number of benzene rings is 1. The Morgan fingerprint density at radius 1 is 1.29 bits per heavy atom. The molecule has 0 saturated heterocycles. The van der Waals surface area contributed by atoms with E-state index in [1.54, 1.807) is 24.5 Å². The number of fused-ring (bicyclic) bond motifs is 3. The second kappa shape index (κ2) is 9.21. The third-order valence-electron chi connectivity index (χ3n) is 6.42. The van der Waals surface area contributed by atoms with Gasteiger partial charge in [-0.3, -0.25) is 9.78 Å². The SMILES string of the molecule is COc1c(F)cccc1Nc1c2[nH]c3c1C(=O)NC[C@@H]3CC/C=C(\C)CCOc1cnccc1-2. The number of hydrogen-bond acceptors (Lipinski definition) is 5. The molecule has 0 aliphatic carbocycles. The normalized spacial score (nSPS) is 19.2. The third-order valence-corrected chi connectivity index (χ3v) is 6.42. The Labute approximate surface area is 197 Å². The molecule has 2 aliphatic rings. The molecule has 7 nitrogen and oxygen atoms in total. The Balaban J connectivity index is 1.72. The molecule has 3 N–H and O–H groups in total. The number of carbonyl (C=O) groups is 1. The van der Waals surface area contributed by atoms with Gasteiger partial charge >= 0.3 is 0 Å². The summed E-state index contributed by atoms with van der Waals surface area (Å²) in [6, 6.07) is 6.52. The number of anilines is 2. The largest absolute Gasteiger partial charge is 0.492 e. The molecule has 0 radical (unpaired) electrons. The maximum atomic E-state index is 14.4. The van der Waals surface area contributed by atoms with Gasteiger partial charge in [0.25, 0.3) is 5.91 Å². The molecule has 0 saturated carbocycles. The average molecular weight is 463 g/mol. The van der Waals surface area contributed by atoms with Gasteiger partial charge in [-0.1, -0.05) is 17.7 Å². The monoisotopic (exact) mass is 462 g/mol. The smallest absolute Gasteiger partial charge is 0.255 e. The van der Waals surface area contributed by atoms with Gasteiger partial charge in [-0.2, -0.15) is 0 Å². The highest BCUT2D eigenvalue weighted by atomic mass is 19.1. The number of allylic oxidation sites excluding steroid dienone is 1. The first kappa shape index (κ1) is 22.0. The Morgan fingerprint density at radius 2 is 2.18 bits per heavy atom. The molecule has 8 heteroatoms. The molecule has 2 aliphatic heterocycles. The zero-order valence-corrected chi connectivity index (χ0v) is 19.2. The number of hydrogen-bond donors (Lipinski definition) is 3. The van der Waals surface area contributed by atoms with Crippen LogP contribution in [0.2, 0.25) is 0 Å². The van der Waals surface area contributed by atoms with Crippen LogP contribution in [0.1, 0.15) is 48.2 Å². The topological polar surface area (TPSA) is 88.3 Å². The van der Waals surface area contributed by atoms with Crippen LogP contribution in [0.3, 0.4) is 0 Å². The van der Waals surface area contributed by atoms with Gasteiger partial charge in [-0.15, -0.1) is 0 Å². The predicted molar refractivity (Wildman–Crippen MR) is 128 cm³/mol. The first-order chi connectivity index (χ1) is 16.6. The standard InChI is InChI=1S/C26H27FN4O3/c1-15-5-3-6-16-13-29-26(32)21-22(16)31-23(17-9-11-28-14-20(17)34-12-10-15)24(21)30-19-8-4-7-18(27)25(19)33-2/h4-5,7-9,11,14,16,30-31H,3,6,10,12-13H2,1-2H3,(H,29,32)/b15-5+/t16-/m0/s1. The fourth-order valence-corrected chi connectivity index (χ4v) is 4.65. The summed E-state index contributed by atoms with van der Waals surface area (Å²) in [6.07, 6.45) is 8.21. The van der Waals surface area contributed by atoms with Gasteiger partial charge in [-0.05, 0) is 38.0 Å². The first-order valence-corrected chi connectivity index (χ1v) is 11.4. The molecule has 0 unspecified atom stereocenters. The number of ether oxygens (including phenoxy) is 2. The molecule has 0 fully saturated rings. The van der Waals surface area contributed by atoms with E-state index < -0.39 is 5.82 Å². The van der Waals surface area contributed by atoms with Crippen LogP contribution in [0.5, 0.6) is 11.5 Å². The van der Waals surface area contributed by atoms with Crippen molar-refractivity contribution < 1.29 is 18.7 Å². The van der Waals surface area contributed by atoms with Gasteiger partial charge in [0, 0.05) is 36.3 Å². The molecule has 176 valence electrons. The van der Waals surface area contributed by atoms with Gasteiger partial charge in [0.05, 0.1) is 42.5 Å². The molecule has 1 amide bonds. The van der Waals surface area contributed by atoms with Gasteiger partial charge in [0.1, 0.15) is 5.75 Å². The number of H-pyrrole nitrogens is 1. The third kappa shape index (κ3) is 4.00. The molecular formula is C26H27FN4O3. The van der Waals surface area contributed by atoms with Crippen molar-refractivity contribution in [2.75, 3.05) is 25.6 Å². The molecule has 2 aromatic heterocycles. The van der Waals surface area contributed by atoms with Crippen LogP contribution in [-0.2, 0) is 0 Å². The van der Waals surface area contributed by atoms with Crippen molar-refractivity contribution in [2.24, 2.45) is 0 Å². The Hall–Kier alpha value is -3.81. The number of amides is 1. The summed E-state index contributed by atoms with van der Waals surface area (Å²) in [5.41, 5.74) is 5.12. The Morgan fingerprint density at radius 3 is 3.03 bits per heavy atom. The lowest BCUT2D eigenvalue weighted by Gasteiger charge is -2.23. The molecule has 4 heterocycles. The van der Waals surface area contributed by atoms with E-state index in [9.17, 15) is 9.18 Å². The summed E-state index contributed by atoms with van der Waals surface area (Å²) in [5.74, 6) is 0.143. The summed E-state index contributed by atoms with van der Waals surface area (Å²) in [4.78, 5) is 20.9. The number of halogens is 1. The summed E-state index contributed by atoms with van der Waals surface area (Å²) in [7, 11) is 1.42. The number of aromatic amines is 1. The lowest BCUT2D eigenvalue weighted by Crippen LogP contribution is -2.35. The number of methoxy groups -OCH3 is 1. The maximum absolute atomic E-state index is 14.4. The van der Waals surface area contributed by atoms with E-state index in [0.717, 1.165) is 30.5 Å². The zero-order chi connectivity index (χ0) is 23.7. The summed E-state index contributed by atoms with van der Waals surface area (Å²) >= 11 is 0. The summed E-state index contributed by atoms with van der Waals surface area (Å²) in [5, 5.41) is 6.32. The van der Waals surface area contributed by atoms with Gasteiger partial charge < -0.3 is 25.1 Å². The predicted octanol–water partition coefficient (Wildman–Crippen LogP) is 5.30. The Kier molecular flexibility index (Phi) is 5.96. The van der Waals surface area contributed by atoms with Crippen molar-refractivity contribution in [2.45, 2.75) is 32.1 Å². The number of nitrogens with zero attached hydrogens (tertiary/aromatic N) is 1. The van der Waals surface area contributed by atoms with Gasteiger partial charge in [0.2, 0.25) is 0 Å². The second-order valence-electron chi connectivity index (χ2n) is 8.61. The van der Waals surface area contributed by atoms with E-state index in [0.29, 0.717) is 41.5 Å². The highest BCUT2D eigenvalue weighted by Crippen LogP contribution is 2.44. The molecular weight excluding hydrogens is 435 g/mol. The highest BCUT2D eigenvalue weighted by Gasteiger charge is 2.33. The van der Waals surface area contributed by atoms with E-state index in [4.69, 9.17) is 9.47 Å². The first-order valence-electron chi connectivity index (χ1n) is 11.4. The molecule has 1 aromatic carbocycles. The number of pyridine rings is 1. The van der Waals surface area contributed by atoms with Crippen LogP contribution < -0.4 is 20.1 Å². The molecule has 1 atom stereocenters. The van der Waals surface area contributed by atoms with Crippen molar-refractivity contribution in [3.8, 4) is 22.8 Å². The van der Waals surface area contributed by atoms with Crippen molar-refractivity contribution in [1.29, 1.82) is 0 Å². The Bertz CT molecular complexity index is 1270. The lowest BCUT2D eigenvalue weighted by atomic mass is 9.91. The van der Waals surface area contributed by atoms with Crippen LogP contribution in [0.25, 0.3) is 11.3 Å². The van der Waals surface area contributed by atoms with Crippen molar-refractivity contribution in [3.05, 3.63) is 65.4 Å². The van der Waals surface area contributed by atoms with Crippen molar-refractivity contribution >= 4 is 17.3 Å². The minimum Gasteiger partial charge on any atom is -0.492 e. The minimum absolute atomic E-state index is 0.0809. The zero-order valence-electron chi connectivity index (χ0n) is 19.2. The van der Waals surface area contributed by atoms with Gasteiger partial charge in [0.15, 0.2) is 11.6 Å². The average Bonchev–Trinajstić information content (AvgIpc) is 3.21. The molecule has 3 aromatic rings. The number of rotatable bonds is 3. The molecule has 0 spiro atoms. The van der Waals surface area contributed by atoms with E-state index >= 15 is 0 Å². The van der Waals surface area contributed by atoms with Crippen molar-refractivity contribution in [3.63, 3.8) is 0 Å². The lowest BCUT2D eigenvalue weighted by molar-refractivity contribution is 0.0940. The van der Waals surface area contributed by atoms with Crippen LogP contribution in [0.4, 0.5) is 15.8 Å². The van der Waals surface area contributed by atoms with E-state index in [1.807, 2.05) is 6.07 Å². The van der Waals surface area contributed by atoms with E-state index in [-0.39, 0.29) is 17.6 Å². The molecule has 2 bridgehead atoms. The molecule has 34 heavy (non-hydrogen) atoms. The number of carbonyl (C=O) groups excluding carboxylic acids is 1. The number of para-hydroxylation sites is 1. The van der Waals surface area contributed by atoms with Crippen LogP contribution in [-0.4, -0.2) is 36.1 Å². The van der Waals surface area contributed by atoms with Crippen LogP contribution in [0, 0.1) is 5.82 Å². The van der Waals surface area contributed by atoms with Crippen LogP contribution >= 0.6 is 0 Å². The number of aromatic nitrogens is 2. The summed E-state index contributed by atoms with van der Waals surface area (Å²) in [6.45, 7) is 3.19. The number of nitrogens with one attached hydrogen (secondary N) is 3. The quantitative estimate of drug-likeness (QED) is 0.460. The minimum atomic E-state index is -0.488. The molecule has 5 rings (SSSR count). The second-order valence-corrected chi connectivity index (χ2v) is 8.61. The van der Waals surface area contributed by atoms with E-state index in [2.05, 4.69) is 33.6 Å². The summed E-state index contributed by atoms with van der Waals surface area (Å²) < 4.78 is 25.9. The van der Waals surface area contributed by atoms with Crippen LogP contribution in [0.15, 0.2) is 48.3 Å². The van der Waals surface area contributed by atoms with Gasteiger partial charge in [-0.25, -0.2) is 4.39 Å². The maximum Gasteiger partial charge on any atom is 0.255 e. The van der Waals surface area contributed by atoms with E-state index in [1.165, 1.54) is 18.7 Å². The van der Waals surface area contributed by atoms with Crippen molar-refractivity contribution in [1.82, 2.24) is 15.3 Å². The fourth-order valence-electron chi connectivity index (χ4n) is 4.65. The highest BCUT2D eigenvalue weighted by molar-refractivity contribution is 6.07.